The van der Waals surface area contributed by atoms with Crippen LogP contribution in [-0.2, 0) is 27.1 Å². The van der Waals surface area contributed by atoms with Gasteiger partial charge in [-0.1, -0.05) is 62.4 Å². The van der Waals surface area contributed by atoms with Crippen molar-refractivity contribution in [3.05, 3.63) is 83.0 Å². The number of carbonyl (C=O) groups excluding carboxylic acids is 3. The molecule has 2 aromatic rings. The molecule has 0 radical (unpaired) electrons. The summed E-state index contributed by atoms with van der Waals surface area (Å²) in [7, 11) is 0. The number of Topliss-reactive ketones (excluding diaryl/α,β-unsaturated/α-hetero) is 1. The van der Waals surface area contributed by atoms with E-state index in [9.17, 15) is 24.6 Å². The van der Waals surface area contributed by atoms with Crippen LogP contribution in [0.25, 0.3) is 0 Å². The number of aliphatic hydroxyl groups is 2. The monoisotopic (exact) mass is 624 g/mol. The van der Waals surface area contributed by atoms with Gasteiger partial charge in [0.25, 0.3) is 0 Å². The highest BCUT2D eigenvalue weighted by atomic mass is 16.6. The lowest BCUT2D eigenvalue weighted by atomic mass is 9.63. The van der Waals surface area contributed by atoms with E-state index in [4.69, 9.17) is 9.47 Å². The van der Waals surface area contributed by atoms with E-state index in [2.05, 4.69) is 13.8 Å². The van der Waals surface area contributed by atoms with Crippen LogP contribution in [0, 0.1) is 28.6 Å². The van der Waals surface area contributed by atoms with E-state index in [0.717, 1.165) is 22.5 Å². The van der Waals surface area contributed by atoms with Gasteiger partial charge in [0.05, 0.1) is 16.8 Å². The maximum atomic E-state index is 14.7. The number of allylic oxidation sites excluding steroid dienone is 1. The van der Waals surface area contributed by atoms with Crippen molar-refractivity contribution in [3.8, 4) is 0 Å². The minimum Gasteiger partial charge on any atom is -0.445 e. The van der Waals surface area contributed by atoms with Gasteiger partial charge in [-0.2, -0.15) is 0 Å². The summed E-state index contributed by atoms with van der Waals surface area (Å²) in [6, 6.07) is 15.3. The fraction of sp³-hybridized carbons (Fsp3) is 0.486. The Bertz CT molecular complexity index is 1730. The molecule has 2 N–H and O–H groups in total. The summed E-state index contributed by atoms with van der Waals surface area (Å²) < 4.78 is 11.9. The zero-order chi connectivity index (χ0) is 32.2. The second-order valence-corrected chi connectivity index (χ2v) is 14.6. The van der Waals surface area contributed by atoms with Crippen molar-refractivity contribution in [2.75, 3.05) is 29.5 Å². The Morgan fingerprint density at radius 2 is 1.57 bits per heavy atom. The second kappa shape index (κ2) is 10.0. The smallest absolute Gasteiger partial charge is 0.415 e. The van der Waals surface area contributed by atoms with Crippen LogP contribution in [0.5, 0.6) is 0 Å². The molecule has 0 aromatic heterocycles. The van der Waals surface area contributed by atoms with Gasteiger partial charge in [-0.05, 0) is 84.3 Å². The normalized spacial score (nSPS) is 34.7. The average molecular weight is 625 g/mol. The molecule has 9 nitrogen and oxygen atoms in total. The Labute approximate surface area is 268 Å². The number of hydrogen-bond donors (Lipinski definition) is 2. The summed E-state index contributed by atoms with van der Waals surface area (Å²) in [5, 5.41) is 25.1. The van der Waals surface area contributed by atoms with Crippen LogP contribution in [0.2, 0.25) is 0 Å². The lowest BCUT2D eigenvalue weighted by Gasteiger charge is -2.46. The highest BCUT2D eigenvalue weighted by Crippen LogP contribution is 2.70. The number of rotatable bonds is 3. The van der Waals surface area contributed by atoms with Crippen molar-refractivity contribution in [2.45, 2.75) is 64.3 Å². The molecule has 7 atom stereocenters. The Morgan fingerprint density at radius 3 is 2.22 bits per heavy atom. The fourth-order valence-corrected chi connectivity index (χ4v) is 9.64. The van der Waals surface area contributed by atoms with E-state index in [1.807, 2.05) is 48.5 Å². The van der Waals surface area contributed by atoms with Gasteiger partial charge in [0.15, 0.2) is 17.5 Å². The van der Waals surface area contributed by atoms with E-state index in [0.29, 0.717) is 44.3 Å². The van der Waals surface area contributed by atoms with Gasteiger partial charge in [0.2, 0.25) is 0 Å². The van der Waals surface area contributed by atoms with Crippen molar-refractivity contribution in [3.63, 3.8) is 0 Å². The summed E-state index contributed by atoms with van der Waals surface area (Å²) in [6.07, 6.45) is 1.80. The first-order valence-electron chi connectivity index (χ1n) is 16.4. The molecule has 0 saturated heterocycles. The lowest BCUT2D eigenvalue weighted by molar-refractivity contribution is -0.181. The number of hydrogen-bond acceptors (Lipinski definition) is 7. The molecule has 1 spiro atoms. The third-order valence-corrected chi connectivity index (χ3v) is 12.1. The van der Waals surface area contributed by atoms with E-state index >= 15 is 0 Å². The molecule has 2 heterocycles. The molecule has 8 rings (SSSR count). The van der Waals surface area contributed by atoms with Gasteiger partial charge in [-0.25, -0.2) is 9.59 Å². The molecule has 240 valence electrons. The first-order chi connectivity index (χ1) is 22.0. The Kier molecular flexibility index (Phi) is 6.42. The van der Waals surface area contributed by atoms with Gasteiger partial charge < -0.3 is 19.7 Å². The zero-order valence-corrected chi connectivity index (χ0v) is 26.4. The number of ketones is 1. The van der Waals surface area contributed by atoms with Crippen LogP contribution >= 0.6 is 0 Å². The predicted molar refractivity (Wildman–Crippen MR) is 170 cm³/mol. The average Bonchev–Trinajstić information content (AvgIpc) is 3.39. The van der Waals surface area contributed by atoms with Crippen LogP contribution in [0.1, 0.15) is 44.7 Å². The van der Waals surface area contributed by atoms with Gasteiger partial charge in [-0.3, -0.25) is 14.6 Å². The number of amides is 2. The van der Waals surface area contributed by atoms with Crippen molar-refractivity contribution in [1.29, 1.82) is 0 Å². The van der Waals surface area contributed by atoms with E-state index in [1.165, 1.54) is 0 Å². The summed E-state index contributed by atoms with van der Waals surface area (Å²) >= 11 is 0. The number of carbonyl (C=O) groups is 3. The SMILES string of the molecule is CC1=C[C@@]23CC[C@@H]4[C@H]([C@H](C=C(COC(=O)N5CCc6ccccc65)[C@@H](O)[C@]2(O)[C@H]1OC(=O)N1CCc2ccccc21)C3=O)C4(C)C. The molecule has 2 amide bonds. The number of para-hydroxylation sites is 2. The molecule has 0 unspecified atom stereocenters. The van der Waals surface area contributed by atoms with Crippen molar-refractivity contribution in [1.82, 2.24) is 0 Å². The van der Waals surface area contributed by atoms with Crippen molar-refractivity contribution < 1.29 is 34.1 Å². The number of nitrogens with zero attached hydrogens (tertiary/aromatic N) is 2. The molecule has 2 saturated carbocycles. The molecule has 2 fully saturated rings. The van der Waals surface area contributed by atoms with E-state index in [-0.39, 0.29) is 35.2 Å². The number of aliphatic hydroxyl groups excluding tert-OH is 1. The number of ether oxygens (including phenoxy) is 2. The molecule has 46 heavy (non-hydrogen) atoms. The number of anilines is 2. The zero-order valence-electron chi connectivity index (χ0n) is 26.4. The molecular formula is C37H40N2O7. The van der Waals surface area contributed by atoms with Crippen LogP contribution in [0.4, 0.5) is 21.0 Å². The van der Waals surface area contributed by atoms with E-state index < -0.39 is 41.3 Å². The predicted octanol–water partition coefficient (Wildman–Crippen LogP) is 4.98. The minimum absolute atomic E-state index is 0.0292. The molecule has 9 heteroatoms. The second-order valence-electron chi connectivity index (χ2n) is 14.6. The van der Waals surface area contributed by atoms with Crippen LogP contribution in [0.3, 0.4) is 0 Å². The summed E-state index contributed by atoms with van der Waals surface area (Å²) in [6.45, 7) is 6.67. The van der Waals surface area contributed by atoms with Gasteiger partial charge in [0.1, 0.15) is 12.7 Å². The molecule has 2 bridgehead atoms. The Balaban J connectivity index is 1.13. The summed E-state index contributed by atoms with van der Waals surface area (Å²) in [5.74, 6) is -0.470. The van der Waals surface area contributed by atoms with Crippen LogP contribution in [0.15, 0.2) is 71.8 Å². The third kappa shape index (κ3) is 3.91. The first kappa shape index (κ1) is 29.5. The van der Waals surface area contributed by atoms with Crippen LogP contribution < -0.4 is 9.80 Å². The Morgan fingerprint density at radius 1 is 0.957 bits per heavy atom. The maximum absolute atomic E-state index is 14.7. The van der Waals surface area contributed by atoms with Crippen molar-refractivity contribution >= 4 is 29.3 Å². The number of fused-ring (bicyclic) bond motifs is 5. The standard InChI is InChI=1S/C37H40N2O7/c1-21-19-36-15-12-26-29(35(26,2)3)25(31(36)41)18-24(20-45-33(42)38-16-13-22-8-4-6-10-27(22)38)30(40)37(36,44)32(21)46-34(43)39-17-14-23-9-5-7-11-28(23)39/h4-11,18-19,25-26,29-30,32,40,44H,12-17,20H2,1-3H3/t25-,26+,29-,30+,32-,36+,37-/m0/s1. The van der Waals surface area contributed by atoms with E-state index in [1.54, 1.807) is 28.9 Å². The summed E-state index contributed by atoms with van der Waals surface area (Å²) in [4.78, 5) is 44.9. The highest BCUT2D eigenvalue weighted by Gasteiger charge is 2.74. The van der Waals surface area contributed by atoms with Crippen LogP contribution in [-0.4, -0.2) is 65.7 Å². The summed E-state index contributed by atoms with van der Waals surface area (Å²) in [5.41, 5.74) is 0.666. The van der Waals surface area contributed by atoms with Gasteiger partial charge in [0, 0.05) is 19.0 Å². The minimum atomic E-state index is -2.18. The molecule has 6 aliphatic rings. The molecule has 2 aliphatic heterocycles. The number of benzene rings is 2. The molecular weight excluding hydrogens is 584 g/mol. The first-order valence-corrected chi connectivity index (χ1v) is 16.4. The third-order valence-electron chi connectivity index (χ3n) is 12.1. The molecule has 2 aromatic carbocycles. The van der Waals surface area contributed by atoms with Crippen molar-refractivity contribution in [2.24, 2.45) is 28.6 Å². The molecule has 4 aliphatic carbocycles. The topological polar surface area (TPSA) is 117 Å². The lowest BCUT2D eigenvalue weighted by Crippen LogP contribution is -2.64. The highest BCUT2D eigenvalue weighted by molar-refractivity contribution is 5.96. The Hall–Kier alpha value is -3.95. The van der Waals surface area contributed by atoms with Gasteiger partial charge in [-0.15, -0.1) is 0 Å². The largest absolute Gasteiger partial charge is 0.445 e. The van der Waals surface area contributed by atoms with Gasteiger partial charge >= 0.3 is 12.2 Å². The quantitative estimate of drug-likeness (QED) is 0.463. The fourth-order valence-electron chi connectivity index (χ4n) is 9.64. The maximum Gasteiger partial charge on any atom is 0.415 e.